The molecular weight excluding hydrogens is 256 g/mol. The Morgan fingerprint density at radius 2 is 1.85 bits per heavy atom. The number of nitrogens with zero attached hydrogens (tertiary/aromatic N) is 2. The average Bonchev–Trinajstić information content (AvgIpc) is 2.37. The van der Waals surface area contributed by atoms with Gasteiger partial charge in [-0.05, 0) is 31.9 Å². The number of carbonyl (C=O) groups excluding carboxylic acids is 1. The van der Waals surface area contributed by atoms with Gasteiger partial charge < -0.3 is 10.0 Å². The number of rotatable bonds is 4. The van der Waals surface area contributed by atoms with Gasteiger partial charge in [0.15, 0.2) is 0 Å². The molecule has 0 aliphatic rings. The summed E-state index contributed by atoms with van der Waals surface area (Å²) in [6.07, 6.45) is 0.373. The van der Waals surface area contributed by atoms with Gasteiger partial charge in [0.2, 0.25) is 0 Å². The first-order chi connectivity index (χ1) is 9.29. The molecule has 1 unspecified atom stereocenters. The lowest BCUT2D eigenvalue weighted by molar-refractivity contribution is -0.141. The molecule has 0 fully saturated rings. The highest BCUT2D eigenvalue weighted by Crippen LogP contribution is 2.21. The number of amides is 2. The van der Waals surface area contributed by atoms with Crippen molar-refractivity contribution in [3.8, 4) is 0 Å². The number of benzene rings is 1. The van der Waals surface area contributed by atoms with E-state index in [2.05, 4.69) is 0 Å². The summed E-state index contributed by atoms with van der Waals surface area (Å²) < 4.78 is 0. The van der Waals surface area contributed by atoms with Crippen molar-refractivity contribution >= 4 is 17.7 Å². The van der Waals surface area contributed by atoms with Crippen molar-refractivity contribution in [3.05, 3.63) is 29.3 Å². The Bertz CT molecular complexity index is 514. The molecule has 110 valence electrons. The van der Waals surface area contributed by atoms with Gasteiger partial charge in [-0.2, -0.15) is 0 Å². The normalized spacial score (nSPS) is 11.8. The fraction of sp³-hybridized carbons (Fsp3) is 0.467. The van der Waals surface area contributed by atoms with Crippen LogP contribution in [0.2, 0.25) is 0 Å². The van der Waals surface area contributed by atoms with E-state index in [4.69, 9.17) is 5.11 Å². The third kappa shape index (κ3) is 3.29. The number of carboxylic acid groups (broad SMARTS) is 1. The minimum atomic E-state index is -0.989. The molecular formula is C15H22N2O3. The molecule has 1 atom stereocenters. The van der Waals surface area contributed by atoms with Gasteiger partial charge in [-0.1, -0.05) is 24.6 Å². The molecule has 1 aromatic rings. The second kappa shape index (κ2) is 6.41. The Morgan fingerprint density at radius 1 is 1.25 bits per heavy atom. The highest BCUT2D eigenvalue weighted by Gasteiger charge is 2.27. The fourth-order valence-corrected chi connectivity index (χ4v) is 2.27. The second-order valence-corrected chi connectivity index (χ2v) is 5.00. The zero-order chi connectivity index (χ0) is 15.4. The maximum absolute atomic E-state index is 12.4. The van der Waals surface area contributed by atoms with Crippen molar-refractivity contribution in [2.24, 2.45) is 0 Å². The molecule has 1 aromatic carbocycles. The van der Waals surface area contributed by atoms with Crippen LogP contribution in [0.15, 0.2) is 18.2 Å². The van der Waals surface area contributed by atoms with Crippen LogP contribution in [0.25, 0.3) is 0 Å². The molecule has 5 nitrogen and oxygen atoms in total. The summed E-state index contributed by atoms with van der Waals surface area (Å²) in [5.74, 6) is -0.989. The van der Waals surface area contributed by atoms with Crippen molar-refractivity contribution in [2.45, 2.75) is 33.2 Å². The Hall–Kier alpha value is -2.04. The third-order valence-corrected chi connectivity index (χ3v) is 3.44. The van der Waals surface area contributed by atoms with Crippen molar-refractivity contribution in [1.29, 1.82) is 0 Å². The summed E-state index contributed by atoms with van der Waals surface area (Å²) in [6, 6.07) is 4.66. The van der Waals surface area contributed by atoms with Gasteiger partial charge in [-0.15, -0.1) is 0 Å². The van der Waals surface area contributed by atoms with Gasteiger partial charge in [0.25, 0.3) is 0 Å². The zero-order valence-corrected chi connectivity index (χ0v) is 12.7. The maximum atomic E-state index is 12.4. The number of aliphatic carboxylic acids is 1. The molecule has 0 aliphatic carbocycles. The molecule has 2 amide bonds. The van der Waals surface area contributed by atoms with Crippen LogP contribution >= 0.6 is 0 Å². The van der Waals surface area contributed by atoms with Gasteiger partial charge in [0, 0.05) is 19.8 Å². The summed E-state index contributed by atoms with van der Waals surface area (Å²) in [6.45, 7) is 5.67. The van der Waals surface area contributed by atoms with E-state index in [0.717, 1.165) is 16.8 Å². The molecule has 0 aliphatic heterocycles. The first-order valence-electron chi connectivity index (χ1n) is 6.60. The predicted octanol–water partition coefficient (Wildman–Crippen LogP) is 2.65. The highest BCUT2D eigenvalue weighted by atomic mass is 16.4. The van der Waals surface area contributed by atoms with Gasteiger partial charge in [-0.3, -0.25) is 4.90 Å². The number of carboxylic acids is 1. The van der Waals surface area contributed by atoms with Crippen molar-refractivity contribution in [3.63, 3.8) is 0 Å². The molecule has 0 saturated heterocycles. The SMILES string of the molecule is CCC(C(=O)O)N(C)C(=O)N(C)c1ccc(C)cc1C. The van der Waals surface area contributed by atoms with Crippen LogP contribution in [-0.4, -0.2) is 42.1 Å². The van der Waals surface area contributed by atoms with E-state index in [9.17, 15) is 9.59 Å². The summed E-state index contributed by atoms with van der Waals surface area (Å²) in [4.78, 5) is 26.3. The third-order valence-electron chi connectivity index (χ3n) is 3.44. The lowest BCUT2D eigenvalue weighted by Gasteiger charge is -2.29. The van der Waals surface area contributed by atoms with Crippen LogP contribution in [-0.2, 0) is 4.79 Å². The van der Waals surface area contributed by atoms with Crippen molar-refractivity contribution in [1.82, 2.24) is 4.90 Å². The smallest absolute Gasteiger partial charge is 0.326 e. The molecule has 0 aromatic heterocycles. The molecule has 1 rings (SSSR count). The van der Waals surface area contributed by atoms with Crippen molar-refractivity contribution in [2.75, 3.05) is 19.0 Å². The average molecular weight is 278 g/mol. The van der Waals surface area contributed by atoms with Gasteiger partial charge in [-0.25, -0.2) is 9.59 Å². The maximum Gasteiger partial charge on any atom is 0.326 e. The standard InChI is InChI=1S/C15H22N2O3/c1-6-12(14(18)19)16(4)15(20)17(5)13-8-7-10(2)9-11(13)3/h7-9,12H,6H2,1-5H3,(H,18,19). The first-order valence-corrected chi connectivity index (χ1v) is 6.60. The molecule has 0 spiro atoms. The monoisotopic (exact) mass is 278 g/mol. The number of aryl methyl sites for hydroxylation is 2. The lowest BCUT2D eigenvalue weighted by atomic mass is 10.1. The van der Waals surface area contributed by atoms with E-state index in [0.29, 0.717) is 6.42 Å². The molecule has 0 saturated carbocycles. The highest BCUT2D eigenvalue weighted by molar-refractivity contribution is 5.94. The van der Waals surface area contributed by atoms with E-state index in [1.54, 1.807) is 14.0 Å². The van der Waals surface area contributed by atoms with Crippen LogP contribution in [0, 0.1) is 13.8 Å². The predicted molar refractivity (Wildman–Crippen MR) is 79.2 cm³/mol. The molecule has 20 heavy (non-hydrogen) atoms. The van der Waals surface area contributed by atoms with Crippen LogP contribution < -0.4 is 4.90 Å². The molecule has 5 heteroatoms. The van der Waals surface area contributed by atoms with Crippen LogP contribution in [0.5, 0.6) is 0 Å². The largest absolute Gasteiger partial charge is 0.480 e. The second-order valence-electron chi connectivity index (χ2n) is 5.00. The minimum Gasteiger partial charge on any atom is -0.480 e. The topological polar surface area (TPSA) is 60.9 Å². The van der Waals surface area contributed by atoms with Gasteiger partial charge in [0.1, 0.15) is 6.04 Å². The Morgan fingerprint density at radius 3 is 2.30 bits per heavy atom. The van der Waals surface area contributed by atoms with Crippen LogP contribution in [0.1, 0.15) is 24.5 Å². The summed E-state index contributed by atoms with van der Waals surface area (Å²) in [5.41, 5.74) is 2.89. The first kappa shape index (κ1) is 16.0. The van der Waals surface area contributed by atoms with Gasteiger partial charge >= 0.3 is 12.0 Å². The number of urea groups is 1. The Labute approximate surface area is 119 Å². The van der Waals surface area contributed by atoms with E-state index in [-0.39, 0.29) is 6.03 Å². The summed E-state index contributed by atoms with van der Waals surface area (Å²) >= 11 is 0. The molecule has 0 bridgehead atoms. The fourth-order valence-electron chi connectivity index (χ4n) is 2.27. The number of hydrogen-bond acceptors (Lipinski definition) is 2. The van der Waals surface area contributed by atoms with Crippen molar-refractivity contribution < 1.29 is 14.7 Å². The van der Waals surface area contributed by atoms with E-state index < -0.39 is 12.0 Å². The summed E-state index contributed by atoms with van der Waals surface area (Å²) in [5, 5.41) is 9.12. The van der Waals surface area contributed by atoms with Gasteiger partial charge in [0.05, 0.1) is 0 Å². The zero-order valence-electron chi connectivity index (χ0n) is 12.7. The number of anilines is 1. The number of carbonyl (C=O) groups is 2. The summed E-state index contributed by atoms with van der Waals surface area (Å²) in [7, 11) is 3.18. The number of likely N-dealkylation sites (N-methyl/N-ethyl adjacent to an activating group) is 1. The van der Waals surface area contributed by atoms with E-state index in [1.165, 1.54) is 16.8 Å². The Balaban J connectivity index is 2.98. The minimum absolute atomic E-state index is 0.328. The molecule has 0 radical (unpaired) electrons. The van der Waals surface area contributed by atoms with E-state index >= 15 is 0 Å². The lowest BCUT2D eigenvalue weighted by Crippen LogP contribution is -2.47. The molecule has 1 N–H and O–H groups in total. The molecule has 0 heterocycles. The van der Waals surface area contributed by atoms with Crippen LogP contribution in [0.3, 0.4) is 0 Å². The number of hydrogen-bond donors (Lipinski definition) is 1. The Kier molecular flexibility index (Phi) is 5.13. The van der Waals surface area contributed by atoms with E-state index in [1.807, 2.05) is 32.0 Å². The van der Waals surface area contributed by atoms with Crippen LogP contribution in [0.4, 0.5) is 10.5 Å². The quantitative estimate of drug-likeness (QED) is 0.921.